The molecular formula is C18H20ClN3O2. The van der Waals surface area contributed by atoms with Crippen molar-refractivity contribution in [3.05, 3.63) is 53.6 Å². The number of halogens is 1. The van der Waals surface area contributed by atoms with Gasteiger partial charge >= 0.3 is 6.03 Å². The molecule has 0 aromatic heterocycles. The molecule has 0 aliphatic carbocycles. The van der Waals surface area contributed by atoms with E-state index < -0.39 is 0 Å². The van der Waals surface area contributed by atoms with Crippen LogP contribution in [0.4, 0.5) is 21.9 Å². The number of benzene rings is 2. The molecule has 3 rings (SSSR count). The van der Waals surface area contributed by atoms with E-state index in [9.17, 15) is 4.79 Å². The number of carbonyl (C=O) groups excluding carboxylic acids is 1. The fourth-order valence-corrected chi connectivity index (χ4v) is 2.86. The minimum Gasteiger partial charge on any atom is -0.375 e. The van der Waals surface area contributed by atoms with Crippen molar-refractivity contribution in [2.45, 2.75) is 13.0 Å². The Morgan fingerprint density at radius 1 is 1.17 bits per heavy atom. The van der Waals surface area contributed by atoms with Gasteiger partial charge in [-0.3, -0.25) is 0 Å². The number of morpholine rings is 1. The molecule has 24 heavy (non-hydrogen) atoms. The first-order chi connectivity index (χ1) is 11.6. The summed E-state index contributed by atoms with van der Waals surface area (Å²) in [5.41, 5.74) is 2.52. The molecule has 1 aliphatic heterocycles. The standard InChI is InChI=1S/C18H20ClN3O2/c1-13-12-22(9-10-24-13)17-7-5-15(6-8-17)20-18(23)21-16-4-2-3-14(19)11-16/h2-8,11,13H,9-10,12H2,1H3,(H2,20,21,23). The largest absolute Gasteiger partial charge is 0.375 e. The molecule has 1 atom stereocenters. The molecular weight excluding hydrogens is 326 g/mol. The molecule has 2 aromatic rings. The van der Waals surface area contributed by atoms with Crippen LogP contribution in [0.3, 0.4) is 0 Å². The van der Waals surface area contributed by atoms with Crippen LogP contribution in [-0.4, -0.2) is 31.8 Å². The Morgan fingerprint density at radius 3 is 2.62 bits per heavy atom. The van der Waals surface area contributed by atoms with Crippen LogP contribution in [0.25, 0.3) is 0 Å². The first-order valence-electron chi connectivity index (χ1n) is 7.90. The normalized spacial score (nSPS) is 17.4. The van der Waals surface area contributed by atoms with Gasteiger partial charge in [-0.25, -0.2) is 4.79 Å². The van der Waals surface area contributed by atoms with Crippen molar-refractivity contribution in [3.8, 4) is 0 Å². The molecule has 1 fully saturated rings. The zero-order valence-electron chi connectivity index (χ0n) is 13.5. The van der Waals surface area contributed by atoms with Crippen LogP contribution in [0.2, 0.25) is 5.02 Å². The molecule has 1 aliphatic rings. The number of urea groups is 1. The molecule has 1 saturated heterocycles. The summed E-state index contributed by atoms with van der Waals surface area (Å²) in [6.45, 7) is 4.57. The van der Waals surface area contributed by atoms with Gasteiger partial charge in [-0.15, -0.1) is 0 Å². The number of ether oxygens (including phenoxy) is 1. The quantitative estimate of drug-likeness (QED) is 0.876. The van der Waals surface area contributed by atoms with Crippen LogP contribution < -0.4 is 15.5 Å². The lowest BCUT2D eigenvalue weighted by molar-refractivity contribution is 0.0532. The number of amides is 2. The molecule has 2 aromatic carbocycles. The smallest absolute Gasteiger partial charge is 0.323 e. The van der Waals surface area contributed by atoms with Gasteiger partial charge in [0.05, 0.1) is 12.7 Å². The Morgan fingerprint density at radius 2 is 1.92 bits per heavy atom. The first kappa shape index (κ1) is 16.6. The van der Waals surface area contributed by atoms with Crippen molar-refractivity contribution in [2.24, 2.45) is 0 Å². The van der Waals surface area contributed by atoms with Gasteiger partial charge in [-0.05, 0) is 49.4 Å². The van der Waals surface area contributed by atoms with E-state index in [1.807, 2.05) is 24.3 Å². The fourth-order valence-electron chi connectivity index (χ4n) is 2.67. The fraction of sp³-hybridized carbons (Fsp3) is 0.278. The van der Waals surface area contributed by atoms with E-state index in [-0.39, 0.29) is 12.1 Å². The van der Waals surface area contributed by atoms with Crippen LogP contribution in [0.5, 0.6) is 0 Å². The van der Waals surface area contributed by atoms with Crippen LogP contribution >= 0.6 is 11.6 Å². The third-order valence-corrected chi connectivity index (χ3v) is 4.05. The summed E-state index contributed by atoms with van der Waals surface area (Å²) < 4.78 is 5.55. The molecule has 1 heterocycles. The van der Waals surface area contributed by atoms with Crippen molar-refractivity contribution in [1.82, 2.24) is 0 Å². The molecule has 2 N–H and O–H groups in total. The van der Waals surface area contributed by atoms with Gasteiger partial charge in [-0.1, -0.05) is 17.7 Å². The van der Waals surface area contributed by atoms with Crippen molar-refractivity contribution in [3.63, 3.8) is 0 Å². The van der Waals surface area contributed by atoms with E-state index in [2.05, 4.69) is 22.5 Å². The molecule has 6 heteroatoms. The van der Waals surface area contributed by atoms with E-state index in [0.717, 1.165) is 31.1 Å². The van der Waals surface area contributed by atoms with Crippen LogP contribution in [0.1, 0.15) is 6.92 Å². The van der Waals surface area contributed by atoms with Crippen LogP contribution in [-0.2, 0) is 4.74 Å². The summed E-state index contributed by atoms with van der Waals surface area (Å²) in [5, 5.41) is 6.15. The van der Waals surface area contributed by atoms with E-state index in [4.69, 9.17) is 16.3 Å². The minimum atomic E-state index is -0.301. The zero-order chi connectivity index (χ0) is 16.9. The average Bonchev–Trinajstić information content (AvgIpc) is 2.55. The Hall–Kier alpha value is -2.24. The lowest BCUT2D eigenvalue weighted by Crippen LogP contribution is -2.41. The molecule has 5 nitrogen and oxygen atoms in total. The maximum atomic E-state index is 12.0. The highest BCUT2D eigenvalue weighted by Gasteiger charge is 2.16. The molecule has 1 unspecified atom stereocenters. The summed E-state index contributed by atoms with van der Waals surface area (Å²) in [4.78, 5) is 14.3. The van der Waals surface area contributed by atoms with Gasteiger partial charge in [0.2, 0.25) is 0 Å². The molecule has 0 radical (unpaired) electrons. The number of carbonyl (C=O) groups is 1. The summed E-state index contributed by atoms with van der Waals surface area (Å²) in [6, 6.07) is 14.5. The van der Waals surface area contributed by atoms with Crippen molar-refractivity contribution < 1.29 is 9.53 Å². The van der Waals surface area contributed by atoms with E-state index in [1.165, 1.54) is 0 Å². The van der Waals surface area contributed by atoms with E-state index in [1.54, 1.807) is 24.3 Å². The van der Waals surface area contributed by atoms with Crippen molar-refractivity contribution >= 4 is 34.7 Å². The highest BCUT2D eigenvalue weighted by Crippen LogP contribution is 2.21. The Kier molecular flexibility index (Phi) is 5.23. The number of hydrogen-bond donors (Lipinski definition) is 2. The Balaban J connectivity index is 1.58. The number of nitrogens with zero attached hydrogens (tertiary/aromatic N) is 1. The van der Waals surface area contributed by atoms with Gasteiger partial charge in [0, 0.05) is 35.2 Å². The van der Waals surface area contributed by atoms with E-state index >= 15 is 0 Å². The lowest BCUT2D eigenvalue weighted by Gasteiger charge is -2.33. The molecule has 126 valence electrons. The van der Waals surface area contributed by atoms with Crippen LogP contribution in [0.15, 0.2) is 48.5 Å². The molecule has 0 spiro atoms. The predicted octanol–water partition coefficient (Wildman–Crippen LogP) is 4.21. The van der Waals surface area contributed by atoms with Crippen molar-refractivity contribution in [2.75, 3.05) is 35.2 Å². The number of rotatable bonds is 3. The number of hydrogen-bond acceptors (Lipinski definition) is 3. The summed E-state index contributed by atoms with van der Waals surface area (Å²) in [6.07, 6.45) is 0.236. The highest BCUT2D eigenvalue weighted by molar-refractivity contribution is 6.30. The summed E-state index contributed by atoms with van der Waals surface area (Å²) in [7, 11) is 0. The molecule has 0 bridgehead atoms. The Bertz CT molecular complexity index is 706. The van der Waals surface area contributed by atoms with Crippen molar-refractivity contribution in [1.29, 1.82) is 0 Å². The summed E-state index contributed by atoms with van der Waals surface area (Å²) >= 11 is 5.90. The second kappa shape index (κ2) is 7.55. The molecule has 0 saturated carbocycles. The predicted molar refractivity (Wildman–Crippen MR) is 98.2 cm³/mol. The Labute approximate surface area is 146 Å². The lowest BCUT2D eigenvalue weighted by atomic mass is 10.2. The zero-order valence-corrected chi connectivity index (χ0v) is 14.2. The molecule has 2 amide bonds. The minimum absolute atomic E-state index is 0.236. The maximum Gasteiger partial charge on any atom is 0.323 e. The first-order valence-corrected chi connectivity index (χ1v) is 8.28. The van der Waals surface area contributed by atoms with Gasteiger partial charge in [-0.2, -0.15) is 0 Å². The number of anilines is 3. The third kappa shape index (κ3) is 4.40. The monoisotopic (exact) mass is 345 g/mol. The average molecular weight is 346 g/mol. The van der Waals surface area contributed by atoms with E-state index in [0.29, 0.717) is 10.7 Å². The number of nitrogens with one attached hydrogen (secondary N) is 2. The summed E-state index contributed by atoms with van der Waals surface area (Å²) in [5.74, 6) is 0. The maximum absolute atomic E-state index is 12.0. The second-order valence-corrected chi connectivity index (χ2v) is 6.20. The third-order valence-electron chi connectivity index (χ3n) is 3.81. The van der Waals surface area contributed by atoms with Crippen LogP contribution in [0, 0.1) is 0 Å². The topological polar surface area (TPSA) is 53.6 Å². The van der Waals surface area contributed by atoms with Gasteiger partial charge in [0.25, 0.3) is 0 Å². The van der Waals surface area contributed by atoms with Gasteiger partial charge in [0.15, 0.2) is 0 Å². The van der Waals surface area contributed by atoms with Gasteiger partial charge < -0.3 is 20.3 Å². The SMILES string of the molecule is CC1CN(c2ccc(NC(=O)Nc3cccc(Cl)c3)cc2)CCO1. The highest BCUT2D eigenvalue weighted by atomic mass is 35.5. The second-order valence-electron chi connectivity index (χ2n) is 5.76. The van der Waals surface area contributed by atoms with Gasteiger partial charge in [0.1, 0.15) is 0 Å².